The molecule has 4 rings (SSSR count). The summed E-state index contributed by atoms with van der Waals surface area (Å²) in [7, 11) is 3.42. The fraction of sp³-hybridized carbons (Fsp3) is 0.333. The van der Waals surface area contributed by atoms with E-state index < -0.39 is 0 Å². The first-order valence-electron chi connectivity index (χ1n) is 11.5. The molecule has 0 bridgehead atoms. The molecular formula is C27H31N3O4. The minimum atomic E-state index is -0.381. The number of hydrogen-bond acceptors (Lipinski definition) is 7. The predicted octanol–water partition coefficient (Wildman–Crippen LogP) is 5.40. The number of ether oxygens (including phenoxy) is 3. The van der Waals surface area contributed by atoms with Gasteiger partial charge in [0.25, 0.3) is 0 Å². The van der Waals surface area contributed by atoms with Crippen LogP contribution in [-0.4, -0.2) is 44.4 Å². The van der Waals surface area contributed by atoms with E-state index in [2.05, 4.69) is 45.5 Å². The molecule has 1 aromatic heterocycles. The summed E-state index contributed by atoms with van der Waals surface area (Å²) in [6, 6.07) is 16.1. The SMILES string of the molecule is COC(=O)c1ccncc1NC[C@@H]1CCOc2cc(N(C)c3ccc(OC(C)C)cc3)ccc21. The number of anilines is 3. The number of esters is 1. The minimum Gasteiger partial charge on any atom is -0.493 e. The second-order valence-electron chi connectivity index (χ2n) is 8.57. The van der Waals surface area contributed by atoms with Crippen LogP contribution >= 0.6 is 0 Å². The molecule has 0 amide bonds. The number of fused-ring (bicyclic) bond motifs is 1. The van der Waals surface area contributed by atoms with Crippen molar-refractivity contribution >= 4 is 23.0 Å². The van der Waals surface area contributed by atoms with E-state index in [0.717, 1.165) is 34.9 Å². The van der Waals surface area contributed by atoms with Crippen molar-refractivity contribution in [3.63, 3.8) is 0 Å². The highest BCUT2D eigenvalue weighted by Crippen LogP contribution is 2.38. The van der Waals surface area contributed by atoms with E-state index in [9.17, 15) is 4.79 Å². The van der Waals surface area contributed by atoms with E-state index in [1.54, 1.807) is 18.5 Å². The van der Waals surface area contributed by atoms with Crippen LogP contribution < -0.4 is 19.7 Å². The maximum Gasteiger partial charge on any atom is 0.340 e. The lowest BCUT2D eigenvalue weighted by Crippen LogP contribution is -2.22. The molecule has 34 heavy (non-hydrogen) atoms. The van der Waals surface area contributed by atoms with Gasteiger partial charge >= 0.3 is 5.97 Å². The molecule has 7 heteroatoms. The predicted molar refractivity (Wildman–Crippen MR) is 134 cm³/mol. The number of nitrogens with zero attached hydrogens (tertiary/aromatic N) is 2. The summed E-state index contributed by atoms with van der Waals surface area (Å²) in [5.41, 5.74) is 4.41. The van der Waals surface area contributed by atoms with Gasteiger partial charge in [-0.3, -0.25) is 4.98 Å². The minimum absolute atomic E-state index is 0.147. The smallest absolute Gasteiger partial charge is 0.340 e. The Kier molecular flexibility index (Phi) is 7.21. The fourth-order valence-electron chi connectivity index (χ4n) is 4.10. The number of carbonyl (C=O) groups excluding carboxylic acids is 1. The molecule has 1 aliphatic rings. The number of methoxy groups -OCH3 is 1. The van der Waals surface area contributed by atoms with Gasteiger partial charge in [-0.25, -0.2) is 4.79 Å². The van der Waals surface area contributed by atoms with Crippen LogP contribution in [0.15, 0.2) is 60.9 Å². The second-order valence-corrected chi connectivity index (χ2v) is 8.57. The summed E-state index contributed by atoms with van der Waals surface area (Å²) in [5.74, 6) is 1.62. The van der Waals surface area contributed by atoms with Gasteiger partial charge < -0.3 is 24.4 Å². The summed E-state index contributed by atoms with van der Waals surface area (Å²) in [5, 5.41) is 3.38. The third-order valence-corrected chi connectivity index (χ3v) is 5.91. The Morgan fingerprint density at radius 2 is 1.94 bits per heavy atom. The molecule has 1 atom stereocenters. The highest BCUT2D eigenvalue weighted by molar-refractivity contribution is 5.95. The molecule has 3 aromatic rings. The van der Waals surface area contributed by atoms with Crippen LogP contribution in [0.25, 0.3) is 0 Å². The summed E-state index contributed by atoms with van der Waals surface area (Å²) in [6.07, 6.45) is 4.28. The van der Waals surface area contributed by atoms with Crippen molar-refractivity contribution in [1.29, 1.82) is 0 Å². The highest BCUT2D eigenvalue weighted by Gasteiger charge is 2.23. The summed E-state index contributed by atoms with van der Waals surface area (Å²) in [4.78, 5) is 18.3. The van der Waals surface area contributed by atoms with Crippen molar-refractivity contribution in [3.8, 4) is 11.5 Å². The number of pyridine rings is 1. The van der Waals surface area contributed by atoms with Crippen molar-refractivity contribution in [3.05, 3.63) is 72.1 Å². The zero-order valence-corrected chi connectivity index (χ0v) is 20.1. The Hall–Kier alpha value is -3.74. The molecule has 0 aliphatic carbocycles. The largest absolute Gasteiger partial charge is 0.493 e. The van der Waals surface area contributed by atoms with Crippen molar-refractivity contribution in [2.24, 2.45) is 0 Å². The average molecular weight is 462 g/mol. The van der Waals surface area contributed by atoms with E-state index in [-0.39, 0.29) is 18.0 Å². The number of rotatable bonds is 8. The molecule has 0 unspecified atom stereocenters. The van der Waals surface area contributed by atoms with Crippen LogP contribution in [0.5, 0.6) is 11.5 Å². The van der Waals surface area contributed by atoms with Crippen molar-refractivity contribution in [2.75, 3.05) is 37.5 Å². The van der Waals surface area contributed by atoms with Crippen molar-refractivity contribution < 1.29 is 19.0 Å². The molecule has 0 fully saturated rings. The fourth-order valence-corrected chi connectivity index (χ4v) is 4.10. The molecule has 0 radical (unpaired) electrons. The highest BCUT2D eigenvalue weighted by atomic mass is 16.5. The Morgan fingerprint density at radius 3 is 2.68 bits per heavy atom. The first kappa shape index (κ1) is 23.4. The van der Waals surface area contributed by atoms with E-state index >= 15 is 0 Å². The molecule has 2 aromatic carbocycles. The Balaban J connectivity index is 1.48. The lowest BCUT2D eigenvalue weighted by Gasteiger charge is -2.28. The van der Waals surface area contributed by atoms with E-state index in [4.69, 9.17) is 14.2 Å². The lowest BCUT2D eigenvalue weighted by molar-refractivity contribution is 0.0601. The summed E-state index contributed by atoms with van der Waals surface area (Å²) < 4.78 is 16.6. The molecule has 178 valence electrons. The summed E-state index contributed by atoms with van der Waals surface area (Å²) in [6.45, 7) is 5.35. The van der Waals surface area contributed by atoms with Gasteiger partial charge in [0, 0.05) is 43.1 Å². The van der Waals surface area contributed by atoms with Crippen molar-refractivity contribution in [1.82, 2.24) is 4.98 Å². The normalized spacial score (nSPS) is 14.7. The third kappa shape index (κ3) is 5.25. The average Bonchev–Trinajstić information content (AvgIpc) is 2.86. The van der Waals surface area contributed by atoms with Crippen LogP contribution in [-0.2, 0) is 4.74 Å². The van der Waals surface area contributed by atoms with Crippen molar-refractivity contribution in [2.45, 2.75) is 32.3 Å². The number of nitrogens with one attached hydrogen (secondary N) is 1. The number of aromatic nitrogens is 1. The van der Waals surface area contributed by atoms with Gasteiger partial charge in [-0.15, -0.1) is 0 Å². The number of carbonyl (C=O) groups is 1. The van der Waals surface area contributed by atoms with Gasteiger partial charge in [0.05, 0.1) is 37.3 Å². The first-order chi connectivity index (χ1) is 16.5. The lowest BCUT2D eigenvalue weighted by atomic mass is 9.92. The van der Waals surface area contributed by atoms with Crippen LogP contribution in [0.4, 0.5) is 17.1 Å². The second kappa shape index (κ2) is 10.5. The summed E-state index contributed by atoms with van der Waals surface area (Å²) >= 11 is 0. The van der Waals surface area contributed by atoms with Crippen LogP contribution in [0.3, 0.4) is 0 Å². The van der Waals surface area contributed by atoms with Gasteiger partial charge in [0.15, 0.2) is 0 Å². The van der Waals surface area contributed by atoms with Gasteiger partial charge in [-0.05, 0) is 62.2 Å². The van der Waals surface area contributed by atoms with E-state index in [0.29, 0.717) is 24.4 Å². The third-order valence-electron chi connectivity index (χ3n) is 5.91. The maximum absolute atomic E-state index is 12.0. The molecule has 1 N–H and O–H groups in total. The number of benzene rings is 2. The Morgan fingerprint density at radius 1 is 1.18 bits per heavy atom. The topological polar surface area (TPSA) is 72.9 Å². The first-order valence-corrected chi connectivity index (χ1v) is 11.5. The van der Waals surface area contributed by atoms with Gasteiger partial charge in [-0.2, -0.15) is 0 Å². The zero-order valence-electron chi connectivity index (χ0n) is 20.1. The monoisotopic (exact) mass is 461 g/mol. The van der Waals surface area contributed by atoms with E-state index in [1.165, 1.54) is 7.11 Å². The molecule has 1 aliphatic heterocycles. The zero-order chi connectivity index (χ0) is 24.1. The van der Waals surface area contributed by atoms with Crippen LogP contribution in [0.1, 0.15) is 42.1 Å². The molecular weight excluding hydrogens is 430 g/mol. The number of hydrogen-bond donors (Lipinski definition) is 1. The van der Waals surface area contributed by atoms with Crippen LogP contribution in [0, 0.1) is 0 Å². The Labute approximate surface area is 200 Å². The Bertz CT molecular complexity index is 1130. The van der Waals surface area contributed by atoms with Gasteiger partial charge in [0.1, 0.15) is 11.5 Å². The molecule has 0 spiro atoms. The molecule has 0 saturated heterocycles. The molecule has 2 heterocycles. The quantitative estimate of drug-likeness (QED) is 0.450. The van der Waals surface area contributed by atoms with Crippen LogP contribution in [0.2, 0.25) is 0 Å². The molecule has 7 nitrogen and oxygen atoms in total. The maximum atomic E-state index is 12.0. The van der Waals surface area contributed by atoms with E-state index in [1.807, 2.05) is 33.0 Å². The van der Waals surface area contributed by atoms with Gasteiger partial charge in [0.2, 0.25) is 0 Å². The van der Waals surface area contributed by atoms with Gasteiger partial charge in [-0.1, -0.05) is 6.07 Å². The molecule has 0 saturated carbocycles. The standard InChI is InChI=1S/C27H31N3O4/c1-18(2)34-22-8-5-20(6-9-22)30(3)21-7-10-23-19(12-14-33-26(23)15-21)16-29-25-17-28-13-11-24(25)27(31)32-4/h5-11,13,15,17-19,29H,12,14,16H2,1-4H3/t19-/m0/s1.